The molecule has 17 heavy (non-hydrogen) atoms. The lowest BCUT2D eigenvalue weighted by molar-refractivity contribution is 0.128. The summed E-state index contributed by atoms with van der Waals surface area (Å²) in [4.78, 5) is 0. The van der Waals surface area contributed by atoms with Gasteiger partial charge in [0.2, 0.25) is 0 Å². The van der Waals surface area contributed by atoms with Crippen molar-refractivity contribution < 1.29 is 0 Å². The molecule has 0 aliphatic heterocycles. The molecule has 4 N–H and O–H groups in total. The molecule has 0 saturated heterocycles. The molecule has 0 aromatic rings. The van der Waals surface area contributed by atoms with Crippen molar-refractivity contribution in [2.24, 2.45) is 29.2 Å². The molecule has 2 rings (SSSR count). The monoisotopic (exact) mass is 238 g/mol. The van der Waals surface area contributed by atoms with Crippen molar-refractivity contribution in [3.05, 3.63) is 0 Å². The van der Waals surface area contributed by atoms with Crippen molar-refractivity contribution >= 4 is 0 Å². The number of hydrogen-bond donors (Lipinski definition) is 2. The van der Waals surface area contributed by atoms with Crippen LogP contribution in [0.25, 0.3) is 0 Å². The quantitative estimate of drug-likeness (QED) is 0.738. The van der Waals surface area contributed by atoms with E-state index in [1.165, 1.54) is 64.2 Å². The Bertz CT molecular complexity index is 185. The van der Waals surface area contributed by atoms with Gasteiger partial charge in [-0.15, -0.1) is 0 Å². The molecule has 0 amide bonds. The molecule has 2 heteroatoms. The highest BCUT2D eigenvalue weighted by Crippen LogP contribution is 2.41. The Morgan fingerprint density at radius 3 is 1.47 bits per heavy atom. The van der Waals surface area contributed by atoms with E-state index in [0.29, 0.717) is 0 Å². The van der Waals surface area contributed by atoms with E-state index >= 15 is 0 Å². The Labute approximate surface area is 107 Å². The molecule has 2 aliphatic carbocycles. The molecule has 100 valence electrons. The fraction of sp³-hybridized carbons (Fsp3) is 1.00. The van der Waals surface area contributed by atoms with Gasteiger partial charge in [-0.2, -0.15) is 0 Å². The maximum Gasteiger partial charge on any atom is 0.0523 e. The van der Waals surface area contributed by atoms with Crippen LogP contribution in [0.4, 0.5) is 0 Å². The van der Waals surface area contributed by atoms with E-state index in [1.807, 2.05) is 0 Å². The van der Waals surface area contributed by atoms with Crippen molar-refractivity contribution in [1.29, 1.82) is 0 Å². The maximum atomic E-state index is 5.88. The first-order valence-electron chi connectivity index (χ1n) is 7.78. The predicted molar refractivity (Wildman–Crippen MR) is 73.4 cm³/mol. The number of nitrogens with two attached hydrogens (primary N) is 2. The SMILES string of the molecule is NC(N)CC(C1CCCCC1)C1CCCCC1. The minimum Gasteiger partial charge on any atom is -0.316 e. The number of hydrogen-bond acceptors (Lipinski definition) is 2. The molecule has 0 radical (unpaired) electrons. The van der Waals surface area contributed by atoms with Gasteiger partial charge in [0, 0.05) is 0 Å². The van der Waals surface area contributed by atoms with Gasteiger partial charge in [-0.3, -0.25) is 0 Å². The summed E-state index contributed by atoms with van der Waals surface area (Å²) in [5.74, 6) is 2.69. The van der Waals surface area contributed by atoms with Gasteiger partial charge in [0.15, 0.2) is 0 Å². The van der Waals surface area contributed by atoms with E-state index in [0.717, 1.165) is 24.2 Å². The minimum atomic E-state index is -0.0937. The van der Waals surface area contributed by atoms with Crippen molar-refractivity contribution in [1.82, 2.24) is 0 Å². The van der Waals surface area contributed by atoms with Crippen LogP contribution in [-0.2, 0) is 0 Å². The molecule has 2 nitrogen and oxygen atoms in total. The second-order valence-electron chi connectivity index (χ2n) is 6.36. The summed E-state index contributed by atoms with van der Waals surface area (Å²) in [6.07, 6.45) is 15.4. The van der Waals surface area contributed by atoms with Crippen LogP contribution in [0, 0.1) is 17.8 Å². The van der Waals surface area contributed by atoms with Crippen LogP contribution in [0.2, 0.25) is 0 Å². The Balaban J connectivity index is 1.95. The van der Waals surface area contributed by atoms with E-state index in [4.69, 9.17) is 11.5 Å². The first-order valence-corrected chi connectivity index (χ1v) is 7.78. The zero-order chi connectivity index (χ0) is 12.1. The normalized spacial score (nSPS) is 24.7. The lowest BCUT2D eigenvalue weighted by Gasteiger charge is -2.38. The van der Waals surface area contributed by atoms with Crippen molar-refractivity contribution in [2.75, 3.05) is 0 Å². The van der Waals surface area contributed by atoms with Crippen molar-refractivity contribution in [3.63, 3.8) is 0 Å². The predicted octanol–water partition coefficient (Wildman–Crippen LogP) is 3.40. The number of rotatable bonds is 4. The van der Waals surface area contributed by atoms with Gasteiger partial charge in [-0.1, -0.05) is 64.2 Å². The third-order valence-electron chi connectivity index (χ3n) is 5.05. The maximum absolute atomic E-state index is 5.88. The van der Waals surface area contributed by atoms with E-state index in [9.17, 15) is 0 Å². The summed E-state index contributed by atoms with van der Waals surface area (Å²) >= 11 is 0. The summed E-state index contributed by atoms with van der Waals surface area (Å²) < 4.78 is 0. The second-order valence-corrected chi connectivity index (χ2v) is 6.36. The van der Waals surface area contributed by atoms with Crippen molar-refractivity contribution in [2.45, 2.75) is 76.8 Å². The summed E-state index contributed by atoms with van der Waals surface area (Å²) in [5.41, 5.74) is 11.8. The van der Waals surface area contributed by atoms with Gasteiger partial charge in [0.1, 0.15) is 0 Å². The molecule has 0 heterocycles. The Kier molecular flexibility index (Phi) is 5.30. The Hall–Kier alpha value is -0.0800. The van der Waals surface area contributed by atoms with Crippen molar-refractivity contribution in [3.8, 4) is 0 Å². The highest BCUT2D eigenvalue weighted by atomic mass is 14.8. The third kappa shape index (κ3) is 3.96. The van der Waals surface area contributed by atoms with Crippen LogP contribution >= 0.6 is 0 Å². The average molecular weight is 238 g/mol. The molecule has 0 aromatic heterocycles. The highest BCUT2D eigenvalue weighted by molar-refractivity contribution is 4.83. The smallest absolute Gasteiger partial charge is 0.0523 e. The summed E-state index contributed by atoms with van der Waals surface area (Å²) in [7, 11) is 0. The lowest BCUT2D eigenvalue weighted by Crippen LogP contribution is -2.38. The summed E-state index contributed by atoms with van der Waals surface area (Å²) in [5, 5.41) is 0. The molecule has 2 aliphatic rings. The first-order chi connectivity index (χ1) is 8.27. The van der Waals surface area contributed by atoms with E-state index in [1.54, 1.807) is 0 Å². The fourth-order valence-electron chi connectivity index (χ4n) is 4.21. The molecule has 0 atom stereocenters. The fourth-order valence-corrected chi connectivity index (χ4v) is 4.21. The Morgan fingerprint density at radius 1 is 0.706 bits per heavy atom. The lowest BCUT2D eigenvalue weighted by atomic mass is 9.68. The van der Waals surface area contributed by atoms with Gasteiger partial charge in [-0.05, 0) is 24.2 Å². The standard InChI is InChI=1S/C15H30N2/c16-15(17)11-14(12-7-3-1-4-8-12)13-9-5-2-6-10-13/h12-15H,1-11,16-17H2. The van der Waals surface area contributed by atoms with Gasteiger partial charge < -0.3 is 11.5 Å². The molecule has 0 aromatic carbocycles. The molecule has 2 saturated carbocycles. The third-order valence-corrected chi connectivity index (χ3v) is 5.05. The van der Waals surface area contributed by atoms with Gasteiger partial charge >= 0.3 is 0 Å². The molecular formula is C15H30N2. The summed E-state index contributed by atoms with van der Waals surface area (Å²) in [6, 6.07) is 0. The highest BCUT2D eigenvalue weighted by Gasteiger charge is 2.31. The van der Waals surface area contributed by atoms with Gasteiger partial charge in [0.25, 0.3) is 0 Å². The van der Waals surface area contributed by atoms with Crippen LogP contribution < -0.4 is 11.5 Å². The zero-order valence-corrected chi connectivity index (χ0v) is 11.2. The molecule has 0 unspecified atom stereocenters. The molecule has 0 spiro atoms. The van der Waals surface area contributed by atoms with Gasteiger partial charge in [0.05, 0.1) is 6.17 Å². The average Bonchev–Trinajstić information content (AvgIpc) is 2.38. The first kappa shape index (κ1) is 13.4. The molecular weight excluding hydrogens is 208 g/mol. The van der Waals surface area contributed by atoms with Crippen LogP contribution in [0.15, 0.2) is 0 Å². The minimum absolute atomic E-state index is 0.0937. The van der Waals surface area contributed by atoms with E-state index < -0.39 is 0 Å². The topological polar surface area (TPSA) is 52.0 Å². The Morgan fingerprint density at radius 2 is 1.12 bits per heavy atom. The van der Waals surface area contributed by atoms with E-state index in [2.05, 4.69) is 0 Å². The van der Waals surface area contributed by atoms with Crippen LogP contribution in [0.5, 0.6) is 0 Å². The second kappa shape index (κ2) is 6.75. The summed E-state index contributed by atoms with van der Waals surface area (Å²) in [6.45, 7) is 0. The molecule has 0 bridgehead atoms. The van der Waals surface area contributed by atoms with Crippen LogP contribution in [0.3, 0.4) is 0 Å². The van der Waals surface area contributed by atoms with Gasteiger partial charge in [-0.25, -0.2) is 0 Å². The zero-order valence-electron chi connectivity index (χ0n) is 11.2. The molecule has 2 fully saturated rings. The van der Waals surface area contributed by atoms with Crippen LogP contribution in [-0.4, -0.2) is 6.17 Å². The van der Waals surface area contributed by atoms with Crippen LogP contribution in [0.1, 0.15) is 70.6 Å². The largest absolute Gasteiger partial charge is 0.316 e. The van der Waals surface area contributed by atoms with E-state index in [-0.39, 0.29) is 6.17 Å².